The molecule has 4 aromatic heterocycles. The molecule has 9 N–H and O–H groups in total. The topological polar surface area (TPSA) is 230 Å². The average Bonchev–Trinajstić information content (AvgIpc) is 3.12. The summed E-state index contributed by atoms with van der Waals surface area (Å²) < 4.78 is 8.74. The van der Waals surface area contributed by atoms with Crippen LogP contribution in [0.4, 0.5) is 27.5 Å². The molecule has 16 heteroatoms. The number of carbonyl (C=O) groups is 1. The third kappa shape index (κ3) is 19.2. The number of anilines is 4. The predicted octanol–water partition coefficient (Wildman–Crippen LogP) is 10.2. The molecule has 0 bridgehead atoms. The molecule has 4 heterocycles. The number of alkyl carbamates (subject to hydrolysis) is 1. The average molecular weight is 892 g/mol. The fraction of sp³-hybridized carbons (Fsp3) is 0.488. The van der Waals surface area contributed by atoms with E-state index in [1.165, 1.54) is 0 Å². The van der Waals surface area contributed by atoms with Crippen molar-refractivity contribution < 1.29 is 9.53 Å². The summed E-state index contributed by atoms with van der Waals surface area (Å²) in [5.74, 6) is 1.29. The third-order valence-corrected chi connectivity index (χ3v) is 8.67. The van der Waals surface area contributed by atoms with Crippen LogP contribution in [0.25, 0.3) is 0 Å². The van der Waals surface area contributed by atoms with Gasteiger partial charge in [-0.1, -0.05) is 55.4 Å². The third-order valence-electron chi connectivity index (χ3n) is 8.26. The summed E-state index contributed by atoms with van der Waals surface area (Å²) in [6, 6.07) is 9.48. The molecule has 1 amide bonds. The van der Waals surface area contributed by atoms with Gasteiger partial charge in [-0.25, -0.2) is 14.8 Å². The number of aryl methyl sites for hydroxylation is 4. The van der Waals surface area contributed by atoms with E-state index in [1.54, 1.807) is 12.3 Å². The van der Waals surface area contributed by atoms with Crippen molar-refractivity contribution in [3.05, 3.63) is 91.5 Å². The first-order chi connectivity index (χ1) is 27.2. The first-order valence-corrected chi connectivity index (χ1v) is 20.5. The maximum absolute atomic E-state index is 11.6. The van der Waals surface area contributed by atoms with Gasteiger partial charge in [-0.05, 0) is 135 Å². The molecular weight excluding hydrogens is 825 g/mol. The van der Waals surface area contributed by atoms with Crippen LogP contribution in [0.3, 0.4) is 0 Å². The Bertz CT molecular complexity index is 2030. The number of hydrogen-bond donors (Lipinski definition) is 6. The fourth-order valence-electron chi connectivity index (χ4n) is 5.15. The van der Waals surface area contributed by atoms with Gasteiger partial charge in [0.1, 0.15) is 22.0 Å². The Morgan fingerprint density at radius 1 is 0.780 bits per heavy atom. The van der Waals surface area contributed by atoms with Crippen molar-refractivity contribution in [1.29, 1.82) is 5.26 Å². The molecule has 0 fully saturated rings. The number of thiol groups is 1. The number of nitriles is 1. The summed E-state index contributed by atoms with van der Waals surface area (Å²) in [6.45, 7) is 30.1. The van der Waals surface area contributed by atoms with E-state index in [4.69, 9.17) is 32.9 Å². The van der Waals surface area contributed by atoms with E-state index in [-0.39, 0.29) is 11.8 Å². The number of aromatic nitrogens is 4. The number of carbonyl (C=O) groups excluding carboxylic acids is 1. The molecule has 0 unspecified atom stereocenters. The molecular formula is C43H66BBrN11O2S. The Morgan fingerprint density at radius 2 is 1.19 bits per heavy atom. The summed E-state index contributed by atoms with van der Waals surface area (Å²) >= 11 is 6.54. The number of amides is 1. The minimum absolute atomic E-state index is 0.246. The normalized spacial score (nSPS) is 10.5. The Kier molecular flexibility index (Phi) is 23.6. The van der Waals surface area contributed by atoms with Crippen LogP contribution in [0, 0.1) is 39.0 Å². The standard InChI is InChI=1S/C15H25N3O2.C10H13N3.C9H13BrN2.C9H14N2.BHNS/c1-9(2)13-12(16)10(3)7-11(18-13)8-17-14(19)20-15(4,5)6;1-6(2)10-9(12)7(3)4-8(5-11)13-10;1-5(2)9-8(11)6(3)4-7(10)12-9;1-6(2)9-8(10)7(3)4-5-11-9;1-2-3/h7,9H,8,16H2,1-6H3,(H,17,19);4,6H,12H2,1-3H3;4-5H,11H2,1-3H3;4-6H,10H2,1-3H3;3H. The van der Waals surface area contributed by atoms with Crippen molar-refractivity contribution in [3.8, 4) is 6.07 Å². The number of hydrogen-bond acceptors (Lipinski definition) is 13. The van der Waals surface area contributed by atoms with E-state index in [0.717, 1.165) is 72.4 Å². The molecule has 0 atom stereocenters. The zero-order chi connectivity index (χ0) is 45.9. The quantitative estimate of drug-likeness (QED) is 0.0606. The molecule has 321 valence electrons. The number of ether oxygens (including phenoxy) is 1. The Labute approximate surface area is 368 Å². The zero-order valence-corrected chi connectivity index (χ0v) is 40.1. The van der Waals surface area contributed by atoms with Gasteiger partial charge in [0.15, 0.2) is 0 Å². The van der Waals surface area contributed by atoms with Crippen LogP contribution >= 0.6 is 28.7 Å². The Balaban J connectivity index is 0.000000763. The van der Waals surface area contributed by atoms with Crippen LogP contribution < -0.4 is 28.3 Å². The molecule has 4 rings (SSSR count). The van der Waals surface area contributed by atoms with E-state index in [2.05, 4.69) is 93.6 Å². The van der Waals surface area contributed by atoms with Crippen molar-refractivity contribution in [2.45, 2.75) is 140 Å². The molecule has 0 saturated carbocycles. The molecule has 0 saturated heterocycles. The number of nitrogens with two attached hydrogens (primary N) is 4. The Morgan fingerprint density at radius 3 is 1.61 bits per heavy atom. The van der Waals surface area contributed by atoms with E-state index in [9.17, 15) is 4.79 Å². The molecule has 0 aliphatic rings. The van der Waals surface area contributed by atoms with Gasteiger partial charge in [-0.3, -0.25) is 9.97 Å². The number of nitrogens with one attached hydrogen (secondary N) is 1. The van der Waals surface area contributed by atoms with Crippen molar-refractivity contribution in [1.82, 2.24) is 25.3 Å². The monoisotopic (exact) mass is 890 g/mol. The predicted molar refractivity (Wildman–Crippen MR) is 253 cm³/mol. The first-order valence-electron chi connectivity index (χ1n) is 19.3. The second-order valence-corrected chi connectivity index (χ2v) is 17.1. The summed E-state index contributed by atoms with van der Waals surface area (Å²) in [7, 11) is 4.34. The van der Waals surface area contributed by atoms with Gasteiger partial charge in [-0.2, -0.15) is 5.26 Å². The fourth-order valence-corrected chi connectivity index (χ4v) is 5.68. The second kappa shape index (κ2) is 25.7. The van der Waals surface area contributed by atoms with Crippen LogP contribution in [-0.2, 0) is 11.3 Å². The number of halogens is 1. The van der Waals surface area contributed by atoms with Crippen LogP contribution in [0.2, 0.25) is 0 Å². The molecule has 4 aromatic rings. The number of nitrogens with zero attached hydrogens (tertiary/aromatic N) is 6. The second-order valence-electron chi connectivity index (χ2n) is 16.0. The van der Waals surface area contributed by atoms with Gasteiger partial charge in [0.2, 0.25) is 0 Å². The summed E-state index contributed by atoms with van der Waals surface area (Å²) in [5.41, 5.74) is 35.1. The molecule has 0 aliphatic carbocycles. The van der Waals surface area contributed by atoms with E-state index in [1.807, 2.05) is 100 Å². The van der Waals surface area contributed by atoms with Crippen LogP contribution in [0.15, 0.2) is 39.4 Å². The van der Waals surface area contributed by atoms with Crippen molar-refractivity contribution in [2.75, 3.05) is 22.9 Å². The number of pyridine rings is 4. The number of nitrogen functional groups attached to an aromatic ring is 4. The van der Waals surface area contributed by atoms with E-state index >= 15 is 0 Å². The van der Waals surface area contributed by atoms with Crippen molar-refractivity contribution >= 4 is 65.2 Å². The molecule has 59 heavy (non-hydrogen) atoms. The maximum atomic E-state index is 11.6. The molecule has 0 spiro atoms. The van der Waals surface area contributed by atoms with Gasteiger partial charge in [0.05, 0.1) is 57.8 Å². The molecule has 13 nitrogen and oxygen atoms in total. The molecule has 0 aromatic carbocycles. The van der Waals surface area contributed by atoms with Gasteiger partial charge in [0, 0.05) is 6.20 Å². The SMILES string of the molecule is Cc1cc(Br)nc(C(C)C)c1N.Cc1cc(C#N)nc(C(C)C)c1N.Cc1cc(CNC(=O)OC(C)(C)C)nc(C(C)C)c1N.Cc1ccnc(C(C)C)c1N.[B]=NS. The van der Waals surface area contributed by atoms with Crippen LogP contribution in [0.5, 0.6) is 0 Å². The number of rotatable bonds is 6. The van der Waals surface area contributed by atoms with Crippen LogP contribution in [0.1, 0.15) is 156 Å². The van der Waals surface area contributed by atoms with Crippen molar-refractivity contribution in [2.24, 2.45) is 4.30 Å². The molecule has 1 radical (unpaired) electrons. The summed E-state index contributed by atoms with van der Waals surface area (Å²) in [5, 5.41) is 11.4. The zero-order valence-electron chi connectivity index (χ0n) is 37.6. The van der Waals surface area contributed by atoms with Gasteiger partial charge >= 0.3 is 30.8 Å². The summed E-state index contributed by atoms with van der Waals surface area (Å²) in [6.07, 6.45) is 1.36. The minimum atomic E-state index is -0.502. The van der Waals surface area contributed by atoms with Crippen molar-refractivity contribution in [3.63, 3.8) is 0 Å². The molecule has 0 aliphatic heterocycles. The van der Waals surface area contributed by atoms with Gasteiger partial charge in [0.25, 0.3) is 0 Å². The first kappa shape index (κ1) is 54.3. The Hall–Kier alpha value is -4.75. The summed E-state index contributed by atoms with van der Waals surface area (Å²) in [4.78, 5) is 28.8. The van der Waals surface area contributed by atoms with Crippen LogP contribution in [-0.4, -0.2) is 39.3 Å². The van der Waals surface area contributed by atoms with Gasteiger partial charge < -0.3 is 33.0 Å². The van der Waals surface area contributed by atoms with Gasteiger partial charge in [-0.15, -0.1) is 0 Å². The van der Waals surface area contributed by atoms with E-state index < -0.39 is 11.7 Å². The van der Waals surface area contributed by atoms with E-state index in [0.29, 0.717) is 29.8 Å².